The fourth-order valence-corrected chi connectivity index (χ4v) is 3.70. The third kappa shape index (κ3) is 9.96. The molecule has 0 atom stereocenters. The van der Waals surface area contributed by atoms with Crippen LogP contribution in [0.2, 0.25) is 5.02 Å². The van der Waals surface area contributed by atoms with Gasteiger partial charge in [0.25, 0.3) is 0 Å². The second-order valence-corrected chi connectivity index (χ2v) is 8.89. The lowest BCUT2D eigenvalue weighted by Gasteiger charge is -2.25. The van der Waals surface area contributed by atoms with E-state index in [-0.39, 0.29) is 36.3 Å². The molecular weight excluding hydrogens is 499 g/mol. The Morgan fingerprint density at radius 3 is 2.52 bits per heavy atom. The molecule has 0 unspecified atom stereocenters. The van der Waals surface area contributed by atoms with Gasteiger partial charge in [0.1, 0.15) is 0 Å². The van der Waals surface area contributed by atoms with Crippen LogP contribution in [0, 0.1) is 5.92 Å². The van der Waals surface area contributed by atoms with Gasteiger partial charge in [-0.15, -0.1) is 24.0 Å². The van der Waals surface area contributed by atoms with E-state index >= 15 is 0 Å². The summed E-state index contributed by atoms with van der Waals surface area (Å²) in [5.41, 5.74) is 1.18. The Hall–Kier alpha value is -0.580. The highest BCUT2D eigenvalue weighted by atomic mass is 127. The number of aliphatic imine (C=N–C) groups is 1. The largest absolute Gasteiger partial charge is 0.357 e. The third-order valence-electron chi connectivity index (χ3n) is 4.41. The van der Waals surface area contributed by atoms with Crippen LogP contribution in [0.5, 0.6) is 0 Å². The van der Waals surface area contributed by atoms with Crippen LogP contribution in [-0.2, 0) is 16.4 Å². The molecule has 1 aliphatic rings. The van der Waals surface area contributed by atoms with Crippen LogP contribution < -0.4 is 15.4 Å². The van der Waals surface area contributed by atoms with Crippen LogP contribution in [0.25, 0.3) is 0 Å². The monoisotopic (exact) mass is 528 g/mol. The maximum Gasteiger partial charge on any atom is 0.213 e. The Balaban J connectivity index is 0.00000364. The van der Waals surface area contributed by atoms with Crippen molar-refractivity contribution in [2.75, 3.05) is 31.9 Å². The van der Waals surface area contributed by atoms with Crippen molar-refractivity contribution in [3.63, 3.8) is 0 Å². The molecule has 0 saturated heterocycles. The van der Waals surface area contributed by atoms with Crippen molar-refractivity contribution in [3.8, 4) is 0 Å². The molecule has 6 nitrogen and oxygen atoms in total. The minimum Gasteiger partial charge on any atom is -0.357 e. The molecule has 0 spiro atoms. The lowest BCUT2D eigenvalue weighted by atomic mass is 9.86. The summed E-state index contributed by atoms with van der Waals surface area (Å²) in [6, 6.07) is 7.73. The predicted molar refractivity (Wildman–Crippen MR) is 124 cm³/mol. The Labute approximate surface area is 185 Å². The summed E-state index contributed by atoms with van der Waals surface area (Å²) in [5.74, 6) is 1.16. The van der Waals surface area contributed by atoms with Gasteiger partial charge in [0.2, 0.25) is 10.0 Å². The fourth-order valence-electron chi connectivity index (χ4n) is 2.61. The summed E-state index contributed by atoms with van der Waals surface area (Å²) >= 11 is 5.88. The first kappa shape index (κ1) is 24.5. The van der Waals surface area contributed by atoms with E-state index in [1.807, 2.05) is 31.2 Å². The van der Waals surface area contributed by atoms with Crippen molar-refractivity contribution in [3.05, 3.63) is 34.9 Å². The molecule has 1 saturated carbocycles. The Bertz CT molecular complexity index is 679. The van der Waals surface area contributed by atoms with Gasteiger partial charge in [-0.3, -0.25) is 4.99 Å². The number of sulfonamides is 1. The van der Waals surface area contributed by atoms with Crippen LogP contribution >= 0.6 is 35.6 Å². The molecule has 154 valence electrons. The average Bonchev–Trinajstić information content (AvgIpc) is 2.55. The molecule has 9 heteroatoms. The number of nitrogens with one attached hydrogen (secondary N) is 3. The lowest BCUT2D eigenvalue weighted by molar-refractivity contribution is 0.316. The summed E-state index contributed by atoms with van der Waals surface area (Å²) in [4.78, 5) is 4.36. The maximum absolute atomic E-state index is 12.0. The Morgan fingerprint density at radius 2 is 1.93 bits per heavy atom. The fraction of sp³-hybridized carbons (Fsp3) is 0.611. The van der Waals surface area contributed by atoms with Gasteiger partial charge >= 0.3 is 0 Å². The van der Waals surface area contributed by atoms with E-state index < -0.39 is 10.0 Å². The highest BCUT2D eigenvalue weighted by Crippen LogP contribution is 2.25. The van der Waals surface area contributed by atoms with Gasteiger partial charge in [-0.1, -0.05) is 30.2 Å². The Morgan fingerprint density at radius 1 is 1.22 bits per heavy atom. The quantitative estimate of drug-likeness (QED) is 0.248. The van der Waals surface area contributed by atoms with Gasteiger partial charge in [-0.05, 0) is 49.8 Å². The van der Waals surface area contributed by atoms with Gasteiger partial charge < -0.3 is 10.6 Å². The van der Waals surface area contributed by atoms with Gasteiger partial charge in [0.05, 0.1) is 12.3 Å². The number of rotatable bonds is 10. The van der Waals surface area contributed by atoms with Crippen LogP contribution in [0.15, 0.2) is 29.3 Å². The van der Waals surface area contributed by atoms with E-state index in [9.17, 15) is 8.42 Å². The molecule has 0 aromatic heterocycles. The molecule has 0 radical (unpaired) electrons. The maximum atomic E-state index is 12.0. The van der Waals surface area contributed by atoms with Crippen LogP contribution in [0.3, 0.4) is 0 Å². The van der Waals surface area contributed by atoms with E-state index in [0.29, 0.717) is 25.0 Å². The zero-order chi connectivity index (χ0) is 18.8. The molecular formula is C18H30ClIN4O2S. The summed E-state index contributed by atoms with van der Waals surface area (Å²) in [5, 5.41) is 7.09. The molecule has 0 bridgehead atoms. The smallest absolute Gasteiger partial charge is 0.213 e. The van der Waals surface area contributed by atoms with Crippen LogP contribution in [0.4, 0.5) is 0 Å². The van der Waals surface area contributed by atoms with E-state index in [1.165, 1.54) is 12.0 Å². The zero-order valence-electron chi connectivity index (χ0n) is 15.7. The number of halogens is 2. The minimum atomic E-state index is -3.26. The van der Waals surface area contributed by atoms with Crippen molar-refractivity contribution in [1.82, 2.24) is 15.4 Å². The average molecular weight is 529 g/mol. The first-order chi connectivity index (χ1) is 12.5. The number of nitrogens with zero attached hydrogens (tertiary/aromatic N) is 1. The summed E-state index contributed by atoms with van der Waals surface area (Å²) in [6.45, 7) is 4.20. The van der Waals surface area contributed by atoms with E-state index in [1.54, 1.807) is 0 Å². The molecule has 1 aliphatic carbocycles. The molecule has 27 heavy (non-hydrogen) atoms. The highest BCUT2D eigenvalue weighted by Gasteiger charge is 2.19. The molecule has 0 heterocycles. The molecule has 3 N–H and O–H groups in total. The van der Waals surface area contributed by atoms with E-state index in [4.69, 9.17) is 11.6 Å². The first-order valence-electron chi connectivity index (χ1n) is 9.22. The Kier molecular flexibility index (Phi) is 11.6. The van der Waals surface area contributed by atoms with Gasteiger partial charge in [0.15, 0.2) is 5.96 Å². The number of benzene rings is 1. The van der Waals surface area contributed by atoms with E-state index in [2.05, 4.69) is 20.3 Å². The molecule has 1 aromatic rings. The molecule has 2 rings (SSSR count). The molecule has 1 aromatic carbocycles. The standard InChI is InChI=1S/C18H29ClN4O2S.HI/c1-2-20-18(21-11-10-15-6-8-17(19)9-7-15)22-12-13-26(24,25)23-14-16-4-3-5-16;/h6-9,16,23H,2-5,10-14H2,1H3,(H2,20,21,22);1H. The third-order valence-corrected chi connectivity index (χ3v) is 5.99. The lowest BCUT2D eigenvalue weighted by Crippen LogP contribution is -2.39. The van der Waals surface area contributed by atoms with Crippen molar-refractivity contribution in [2.24, 2.45) is 10.9 Å². The summed E-state index contributed by atoms with van der Waals surface area (Å²) in [6.07, 6.45) is 4.30. The number of hydrogen-bond donors (Lipinski definition) is 3. The van der Waals surface area contributed by atoms with Crippen LogP contribution in [0.1, 0.15) is 31.7 Å². The molecule has 0 amide bonds. The van der Waals surface area contributed by atoms with Crippen molar-refractivity contribution in [2.45, 2.75) is 32.6 Å². The van der Waals surface area contributed by atoms with Crippen molar-refractivity contribution >= 4 is 51.6 Å². The highest BCUT2D eigenvalue weighted by molar-refractivity contribution is 14.0. The number of hydrogen-bond acceptors (Lipinski definition) is 3. The summed E-state index contributed by atoms with van der Waals surface area (Å²) < 4.78 is 26.7. The van der Waals surface area contributed by atoms with Crippen molar-refractivity contribution in [1.29, 1.82) is 0 Å². The van der Waals surface area contributed by atoms with Gasteiger partial charge in [-0.2, -0.15) is 0 Å². The second kappa shape index (κ2) is 12.8. The molecule has 0 aliphatic heterocycles. The van der Waals surface area contributed by atoms with Gasteiger partial charge in [0, 0.05) is 24.7 Å². The zero-order valence-corrected chi connectivity index (χ0v) is 19.6. The first-order valence-corrected chi connectivity index (χ1v) is 11.3. The second-order valence-electron chi connectivity index (χ2n) is 6.53. The summed E-state index contributed by atoms with van der Waals surface area (Å²) in [7, 11) is -3.26. The SMILES string of the molecule is CCNC(=NCCS(=O)(=O)NCC1CCC1)NCCc1ccc(Cl)cc1.I. The number of guanidine groups is 1. The van der Waals surface area contributed by atoms with Gasteiger partial charge in [-0.25, -0.2) is 13.1 Å². The normalized spacial score (nSPS) is 15.0. The molecule has 1 fully saturated rings. The van der Waals surface area contributed by atoms with Crippen LogP contribution in [-0.4, -0.2) is 46.3 Å². The topological polar surface area (TPSA) is 82.6 Å². The predicted octanol–water partition coefficient (Wildman–Crippen LogP) is 2.78. The van der Waals surface area contributed by atoms with Crippen molar-refractivity contribution < 1.29 is 8.42 Å². The minimum absolute atomic E-state index is 0. The van der Waals surface area contributed by atoms with E-state index in [0.717, 1.165) is 30.8 Å².